The standard InChI is InChI=1S/C17H24N2O2/c18-16(19)13-5-4-6-14(11-13)21-15-7-10-20-17(12-15)8-2-1-3-9-17/h4-6,11,15H,1-3,7-10,12H2,(H3,18,19). The lowest BCUT2D eigenvalue weighted by Gasteiger charge is -2.43. The summed E-state index contributed by atoms with van der Waals surface area (Å²) >= 11 is 0. The summed E-state index contributed by atoms with van der Waals surface area (Å²) in [5.74, 6) is 0.886. The van der Waals surface area contributed by atoms with Crippen molar-refractivity contribution in [2.45, 2.75) is 56.7 Å². The van der Waals surface area contributed by atoms with Gasteiger partial charge >= 0.3 is 0 Å². The fourth-order valence-electron chi connectivity index (χ4n) is 3.56. The zero-order chi connectivity index (χ0) is 14.7. The Morgan fingerprint density at radius 2 is 2.10 bits per heavy atom. The van der Waals surface area contributed by atoms with Gasteiger partial charge in [-0.25, -0.2) is 0 Å². The average Bonchev–Trinajstić information content (AvgIpc) is 2.48. The monoisotopic (exact) mass is 288 g/mol. The Kier molecular flexibility index (Phi) is 4.15. The van der Waals surface area contributed by atoms with E-state index in [4.69, 9.17) is 20.6 Å². The summed E-state index contributed by atoms with van der Waals surface area (Å²) in [5.41, 5.74) is 6.30. The molecule has 114 valence electrons. The summed E-state index contributed by atoms with van der Waals surface area (Å²) in [5, 5.41) is 7.51. The minimum absolute atomic E-state index is 0.0549. The summed E-state index contributed by atoms with van der Waals surface area (Å²) in [6.45, 7) is 0.789. The van der Waals surface area contributed by atoms with Gasteiger partial charge in [0, 0.05) is 18.4 Å². The molecule has 1 aliphatic heterocycles. The van der Waals surface area contributed by atoms with Crippen LogP contribution < -0.4 is 10.5 Å². The first kappa shape index (κ1) is 14.4. The Bertz CT molecular complexity index is 504. The van der Waals surface area contributed by atoms with Gasteiger partial charge in [-0.2, -0.15) is 0 Å². The second-order valence-corrected chi connectivity index (χ2v) is 6.27. The molecule has 3 N–H and O–H groups in total. The highest BCUT2D eigenvalue weighted by atomic mass is 16.5. The molecule has 0 bridgehead atoms. The zero-order valence-electron chi connectivity index (χ0n) is 12.4. The van der Waals surface area contributed by atoms with Gasteiger partial charge in [-0.1, -0.05) is 31.4 Å². The SMILES string of the molecule is N=C(N)c1cccc(OC2CCOC3(CCCCC3)C2)c1. The first-order valence-corrected chi connectivity index (χ1v) is 7.92. The molecule has 3 rings (SSSR count). The van der Waals surface area contributed by atoms with Crippen LogP contribution in [0.2, 0.25) is 0 Å². The maximum absolute atomic E-state index is 7.51. The molecule has 4 heteroatoms. The van der Waals surface area contributed by atoms with Crippen LogP contribution in [0.5, 0.6) is 5.75 Å². The van der Waals surface area contributed by atoms with Crippen LogP contribution in [0.15, 0.2) is 24.3 Å². The van der Waals surface area contributed by atoms with E-state index >= 15 is 0 Å². The van der Waals surface area contributed by atoms with Gasteiger partial charge in [0.05, 0.1) is 12.2 Å². The molecule has 1 unspecified atom stereocenters. The highest BCUT2D eigenvalue weighted by molar-refractivity contribution is 5.95. The highest BCUT2D eigenvalue weighted by Crippen LogP contribution is 2.39. The predicted molar refractivity (Wildman–Crippen MR) is 82.9 cm³/mol. The minimum atomic E-state index is 0.0549. The summed E-state index contributed by atoms with van der Waals surface area (Å²) in [6, 6.07) is 7.52. The van der Waals surface area contributed by atoms with Crippen molar-refractivity contribution in [2.24, 2.45) is 5.73 Å². The number of nitrogens with two attached hydrogens (primary N) is 1. The van der Waals surface area contributed by atoms with Crippen LogP contribution in [-0.4, -0.2) is 24.1 Å². The lowest BCUT2D eigenvalue weighted by Crippen LogP contribution is -2.45. The number of nitrogens with one attached hydrogen (secondary N) is 1. The quantitative estimate of drug-likeness (QED) is 0.662. The molecule has 1 saturated heterocycles. The minimum Gasteiger partial charge on any atom is -0.490 e. The third-order valence-corrected chi connectivity index (χ3v) is 4.66. The van der Waals surface area contributed by atoms with Crippen LogP contribution in [0.3, 0.4) is 0 Å². The van der Waals surface area contributed by atoms with Crippen molar-refractivity contribution >= 4 is 5.84 Å². The Labute approximate surface area is 126 Å². The van der Waals surface area contributed by atoms with E-state index < -0.39 is 0 Å². The second kappa shape index (κ2) is 6.06. The number of nitrogen functional groups attached to an aromatic ring is 1. The topological polar surface area (TPSA) is 68.3 Å². The molecule has 1 heterocycles. The molecule has 1 saturated carbocycles. The van der Waals surface area contributed by atoms with Crippen molar-refractivity contribution in [2.75, 3.05) is 6.61 Å². The smallest absolute Gasteiger partial charge is 0.122 e. The van der Waals surface area contributed by atoms with E-state index in [-0.39, 0.29) is 17.5 Å². The van der Waals surface area contributed by atoms with E-state index in [1.54, 1.807) is 0 Å². The van der Waals surface area contributed by atoms with Crippen molar-refractivity contribution in [1.29, 1.82) is 5.41 Å². The summed E-state index contributed by atoms with van der Waals surface area (Å²) in [7, 11) is 0. The normalized spacial score (nSPS) is 24.7. The fourth-order valence-corrected chi connectivity index (χ4v) is 3.56. The van der Waals surface area contributed by atoms with Crippen LogP contribution >= 0.6 is 0 Å². The van der Waals surface area contributed by atoms with Crippen molar-refractivity contribution < 1.29 is 9.47 Å². The molecule has 0 aromatic heterocycles. The van der Waals surface area contributed by atoms with Crippen LogP contribution in [-0.2, 0) is 4.74 Å². The Morgan fingerprint density at radius 3 is 2.86 bits per heavy atom. The van der Waals surface area contributed by atoms with Crippen molar-refractivity contribution in [3.05, 3.63) is 29.8 Å². The lowest BCUT2D eigenvalue weighted by atomic mass is 9.79. The summed E-state index contributed by atoms with van der Waals surface area (Å²) in [6.07, 6.45) is 8.33. The molecule has 4 nitrogen and oxygen atoms in total. The fraction of sp³-hybridized carbons (Fsp3) is 0.588. The molecule has 1 aliphatic carbocycles. The maximum Gasteiger partial charge on any atom is 0.122 e. The first-order valence-electron chi connectivity index (χ1n) is 7.92. The van der Waals surface area contributed by atoms with Gasteiger partial charge in [-0.05, 0) is 25.0 Å². The van der Waals surface area contributed by atoms with Gasteiger partial charge in [0.2, 0.25) is 0 Å². The van der Waals surface area contributed by atoms with Gasteiger partial charge in [0.25, 0.3) is 0 Å². The molecular weight excluding hydrogens is 264 g/mol. The van der Waals surface area contributed by atoms with Gasteiger partial charge < -0.3 is 15.2 Å². The van der Waals surface area contributed by atoms with E-state index in [2.05, 4.69) is 0 Å². The molecule has 1 aromatic carbocycles. The van der Waals surface area contributed by atoms with Crippen molar-refractivity contribution in [1.82, 2.24) is 0 Å². The molecule has 21 heavy (non-hydrogen) atoms. The van der Waals surface area contributed by atoms with Crippen molar-refractivity contribution in [3.8, 4) is 5.75 Å². The Hall–Kier alpha value is -1.55. The van der Waals surface area contributed by atoms with Crippen LogP contribution in [0.4, 0.5) is 0 Å². The number of hydrogen-bond donors (Lipinski definition) is 2. The van der Waals surface area contributed by atoms with Crippen molar-refractivity contribution in [3.63, 3.8) is 0 Å². The van der Waals surface area contributed by atoms with Gasteiger partial charge in [-0.15, -0.1) is 0 Å². The Morgan fingerprint density at radius 1 is 1.29 bits per heavy atom. The molecule has 2 fully saturated rings. The maximum atomic E-state index is 7.51. The third-order valence-electron chi connectivity index (χ3n) is 4.66. The molecule has 1 aromatic rings. The van der Waals surface area contributed by atoms with E-state index in [1.165, 1.54) is 32.1 Å². The number of ether oxygens (including phenoxy) is 2. The van der Waals surface area contributed by atoms with E-state index in [1.807, 2.05) is 24.3 Å². The van der Waals surface area contributed by atoms with Crippen LogP contribution in [0, 0.1) is 5.41 Å². The first-order chi connectivity index (χ1) is 10.2. The van der Waals surface area contributed by atoms with E-state index in [9.17, 15) is 0 Å². The number of benzene rings is 1. The number of rotatable bonds is 3. The summed E-state index contributed by atoms with van der Waals surface area (Å²) < 4.78 is 12.2. The highest BCUT2D eigenvalue weighted by Gasteiger charge is 2.39. The summed E-state index contributed by atoms with van der Waals surface area (Å²) in [4.78, 5) is 0. The largest absolute Gasteiger partial charge is 0.490 e. The second-order valence-electron chi connectivity index (χ2n) is 6.27. The van der Waals surface area contributed by atoms with E-state index in [0.29, 0.717) is 5.56 Å². The van der Waals surface area contributed by atoms with Gasteiger partial charge in [0.15, 0.2) is 0 Å². The lowest BCUT2D eigenvalue weighted by molar-refractivity contribution is -0.129. The van der Waals surface area contributed by atoms with E-state index in [0.717, 1.165) is 25.2 Å². The predicted octanol–water partition coefficient (Wildman–Crippen LogP) is 3.23. The molecule has 1 spiro atoms. The third kappa shape index (κ3) is 3.38. The number of amidine groups is 1. The van der Waals surface area contributed by atoms with Crippen LogP contribution in [0.25, 0.3) is 0 Å². The number of hydrogen-bond acceptors (Lipinski definition) is 3. The average molecular weight is 288 g/mol. The van der Waals surface area contributed by atoms with Crippen LogP contribution in [0.1, 0.15) is 50.5 Å². The molecule has 0 amide bonds. The van der Waals surface area contributed by atoms with Gasteiger partial charge in [-0.3, -0.25) is 5.41 Å². The molecular formula is C17H24N2O2. The Balaban J connectivity index is 1.67. The molecule has 1 atom stereocenters. The molecule has 2 aliphatic rings. The molecule has 0 radical (unpaired) electrons. The van der Waals surface area contributed by atoms with Gasteiger partial charge in [0.1, 0.15) is 17.7 Å². The zero-order valence-corrected chi connectivity index (χ0v) is 12.4.